The molecule has 3 heterocycles. The molecular formula is C23H28N6OS. The molecule has 0 aliphatic carbocycles. The number of carbonyl (C=O) groups excluding carboxylic acids is 1. The minimum absolute atomic E-state index is 0.251. The van der Waals surface area contributed by atoms with Crippen LogP contribution < -0.4 is 10.2 Å². The third-order valence-electron chi connectivity index (χ3n) is 5.33. The zero-order chi connectivity index (χ0) is 21.8. The molecule has 0 amide bonds. The molecule has 4 rings (SSSR count). The number of hydrogen-bond donors (Lipinski definition) is 2. The van der Waals surface area contributed by atoms with Gasteiger partial charge in [-0.05, 0) is 48.7 Å². The van der Waals surface area contributed by atoms with Crippen LogP contribution in [0.25, 0.3) is 0 Å². The van der Waals surface area contributed by atoms with Gasteiger partial charge in [-0.2, -0.15) is 5.10 Å². The van der Waals surface area contributed by atoms with Gasteiger partial charge in [0, 0.05) is 48.7 Å². The lowest BCUT2D eigenvalue weighted by atomic mass is 10.1. The first kappa shape index (κ1) is 21.4. The van der Waals surface area contributed by atoms with E-state index in [1.54, 1.807) is 0 Å². The zero-order valence-corrected chi connectivity index (χ0v) is 19.0. The summed E-state index contributed by atoms with van der Waals surface area (Å²) in [4.78, 5) is 24.6. The second-order valence-electron chi connectivity index (χ2n) is 8.11. The number of hydrogen-bond acceptors (Lipinski definition) is 7. The van der Waals surface area contributed by atoms with Crippen LogP contribution in [0.5, 0.6) is 0 Å². The van der Waals surface area contributed by atoms with Crippen molar-refractivity contribution >= 4 is 35.0 Å². The van der Waals surface area contributed by atoms with Gasteiger partial charge in [0.2, 0.25) is 0 Å². The van der Waals surface area contributed by atoms with Gasteiger partial charge in [0.15, 0.2) is 11.0 Å². The Labute approximate surface area is 187 Å². The van der Waals surface area contributed by atoms with Crippen molar-refractivity contribution in [3.05, 3.63) is 47.7 Å². The topological polar surface area (TPSA) is 86.8 Å². The molecule has 3 aromatic rings. The standard InChI is InChI=1S/C23H28N6OS/c1-4-18(30)12-17-5-7-19(8-6-17)31-23-25-20(24-21-11-16(3)27-28-21)13-22(26-23)29-10-9-15(2)14-29/h5-8,11,13,15H,4,9-10,12,14H2,1-3H3,(H2,24,25,26,27,28). The first-order chi connectivity index (χ1) is 15.0. The molecule has 2 N–H and O–H groups in total. The van der Waals surface area contributed by atoms with E-state index in [-0.39, 0.29) is 5.78 Å². The Morgan fingerprint density at radius 1 is 1.23 bits per heavy atom. The van der Waals surface area contributed by atoms with Crippen LogP contribution in [0.2, 0.25) is 0 Å². The third-order valence-corrected chi connectivity index (χ3v) is 6.20. The SMILES string of the molecule is CCC(=O)Cc1ccc(Sc2nc(Nc3cc(C)[nH]n3)cc(N3CCC(C)C3)n2)cc1. The fraction of sp³-hybridized carbons (Fsp3) is 0.391. The van der Waals surface area contributed by atoms with Crippen LogP contribution in [0.1, 0.15) is 37.9 Å². The molecule has 1 unspecified atom stereocenters. The molecule has 0 spiro atoms. The van der Waals surface area contributed by atoms with Gasteiger partial charge in [0.1, 0.15) is 17.4 Å². The maximum atomic E-state index is 11.7. The van der Waals surface area contributed by atoms with Crippen molar-refractivity contribution in [2.24, 2.45) is 5.92 Å². The van der Waals surface area contributed by atoms with Gasteiger partial charge in [-0.3, -0.25) is 9.89 Å². The molecule has 8 heteroatoms. The number of ketones is 1. The molecule has 2 aromatic heterocycles. The largest absolute Gasteiger partial charge is 0.356 e. The van der Waals surface area contributed by atoms with E-state index in [1.807, 2.05) is 50.2 Å². The monoisotopic (exact) mass is 436 g/mol. The third kappa shape index (κ3) is 5.64. The molecule has 1 fully saturated rings. The van der Waals surface area contributed by atoms with E-state index in [9.17, 15) is 4.79 Å². The lowest BCUT2D eigenvalue weighted by Gasteiger charge is -2.18. The second-order valence-corrected chi connectivity index (χ2v) is 9.15. The molecule has 1 atom stereocenters. The van der Waals surface area contributed by atoms with Crippen LogP contribution in [-0.2, 0) is 11.2 Å². The lowest BCUT2D eigenvalue weighted by molar-refractivity contribution is -0.118. The molecule has 31 heavy (non-hydrogen) atoms. The summed E-state index contributed by atoms with van der Waals surface area (Å²) in [7, 11) is 0. The summed E-state index contributed by atoms with van der Waals surface area (Å²) < 4.78 is 0. The number of anilines is 3. The molecule has 1 aliphatic rings. The summed E-state index contributed by atoms with van der Waals surface area (Å²) in [5, 5.41) is 11.2. The first-order valence-corrected chi connectivity index (χ1v) is 11.5. The summed E-state index contributed by atoms with van der Waals surface area (Å²) >= 11 is 1.52. The average molecular weight is 437 g/mol. The molecule has 0 bridgehead atoms. The Kier molecular flexibility index (Phi) is 6.56. The molecule has 1 aromatic carbocycles. The van der Waals surface area contributed by atoms with Crippen molar-refractivity contribution < 1.29 is 4.79 Å². The van der Waals surface area contributed by atoms with Crippen LogP contribution in [-0.4, -0.2) is 39.0 Å². The number of carbonyl (C=O) groups is 1. The number of Topliss-reactive ketones (excluding diaryl/α,β-unsaturated/α-hetero) is 1. The summed E-state index contributed by atoms with van der Waals surface area (Å²) in [6.45, 7) is 8.14. The minimum Gasteiger partial charge on any atom is -0.356 e. The van der Waals surface area contributed by atoms with Crippen LogP contribution in [0.4, 0.5) is 17.5 Å². The number of benzene rings is 1. The van der Waals surface area contributed by atoms with Gasteiger partial charge in [-0.15, -0.1) is 0 Å². The smallest absolute Gasteiger partial charge is 0.196 e. The number of rotatable bonds is 8. The summed E-state index contributed by atoms with van der Waals surface area (Å²) in [5.74, 6) is 3.30. The molecule has 1 saturated heterocycles. The van der Waals surface area contributed by atoms with Gasteiger partial charge >= 0.3 is 0 Å². The van der Waals surface area contributed by atoms with Crippen LogP contribution in [0.15, 0.2) is 46.5 Å². The van der Waals surface area contributed by atoms with E-state index in [1.165, 1.54) is 18.2 Å². The van der Waals surface area contributed by atoms with Gasteiger partial charge < -0.3 is 10.2 Å². The maximum absolute atomic E-state index is 11.7. The number of nitrogens with zero attached hydrogens (tertiary/aromatic N) is 4. The molecule has 0 radical (unpaired) electrons. The van der Waals surface area contributed by atoms with E-state index < -0.39 is 0 Å². The highest BCUT2D eigenvalue weighted by Gasteiger charge is 2.21. The number of H-pyrrole nitrogens is 1. The zero-order valence-electron chi connectivity index (χ0n) is 18.2. The molecule has 1 aliphatic heterocycles. The Hall–Kier alpha value is -2.87. The minimum atomic E-state index is 0.251. The Morgan fingerprint density at radius 3 is 2.68 bits per heavy atom. The van der Waals surface area contributed by atoms with Gasteiger partial charge in [0.05, 0.1) is 0 Å². The fourth-order valence-corrected chi connectivity index (χ4v) is 4.34. The number of aromatic nitrogens is 4. The Bertz CT molecular complexity index is 1050. The Morgan fingerprint density at radius 2 is 2.03 bits per heavy atom. The lowest BCUT2D eigenvalue weighted by Crippen LogP contribution is -2.21. The van der Waals surface area contributed by atoms with Gasteiger partial charge in [0.25, 0.3) is 0 Å². The molecule has 7 nitrogen and oxygen atoms in total. The molecule has 0 saturated carbocycles. The fourth-order valence-electron chi connectivity index (χ4n) is 3.57. The predicted molar refractivity (Wildman–Crippen MR) is 124 cm³/mol. The average Bonchev–Trinajstić information content (AvgIpc) is 3.37. The van der Waals surface area contributed by atoms with Gasteiger partial charge in [-0.25, -0.2) is 9.97 Å². The quantitative estimate of drug-likeness (QED) is 0.492. The van der Waals surface area contributed by atoms with Crippen molar-refractivity contribution in [3.8, 4) is 0 Å². The highest BCUT2D eigenvalue weighted by molar-refractivity contribution is 7.99. The second kappa shape index (κ2) is 9.51. The van der Waals surface area contributed by atoms with Crippen molar-refractivity contribution in [1.29, 1.82) is 0 Å². The number of aromatic amines is 1. The van der Waals surface area contributed by atoms with Crippen LogP contribution >= 0.6 is 11.8 Å². The van der Waals surface area contributed by atoms with E-state index >= 15 is 0 Å². The maximum Gasteiger partial charge on any atom is 0.196 e. The normalized spacial score (nSPS) is 16.0. The van der Waals surface area contributed by atoms with Crippen LogP contribution in [0.3, 0.4) is 0 Å². The number of nitrogens with one attached hydrogen (secondary N) is 2. The predicted octanol–water partition coefficient (Wildman–Crippen LogP) is 4.77. The molecular weight excluding hydrogens is 408 g/mol. The van der Waals surface area contributed by atoms with Gasteiger partial charge in [-0.1, -0.05) is 26.0 Å². The summed E-state index contributed by atoms with van der Waals surface area (Å²) in [5.41, 5.74) is 2.02. The van der Waals surface area contributed by atoms with E-state index in [2.05, 4.69) is 27.3 Å². The molecule has 162 valence electrons. The Balaban J connectivity index is 1.56. The first-order valence-electron chi connectivity index (χ1n) is 10.7. The van der Waals surface area contributed by atoms with E-state index in [0.29, 0.717) is 23.9 Å². The number of aryl methyl sites for hydroxylation is 1. The van der Waals surface area contributed by atoms with Crippen molar-refractivity contribution in [1.82, 2.24) is 20.2 Å². The van der Waals surface area contributed by atoms with Crippen molar-refractivity contribution in [2.75, 3.05) is 23.3 Å². The highest BCUT2D eigenvalue weighted by atomic mass is 32.2. The van der Waals surface area contributed by atoms with E-state index in [0.717, 1.165) is 46.7 Å². The summed E-state index contributed by atoms with van der Waals surface area (Å²) in [6.07, 6.45) is 2.22. The van der Waals surface area contributed by atoms with E-state index in [4.69, 9.17) is 9.97 Å². The van der Waals surface area contributed by atoms with Crippen molar-refractivity contribution in [3.63, 3.8) is 0 Å². The van der Waals surface area contributed by atoms with Crippen LogP contribution in [0, 0.1) is 12.8 Å². The summed E-state index contributed by atoms with van der Waals surface area (Å²) in [6, 6.07) is 12.0. The highest BCUT2D eigenvalue weighted by Crippen LogP contribution is 2.31. The van der Waals surface area contributed by atoms with Crippen molar-refractivity contribution in [2.45, 2.75) is 50.1 Å².